The molecule has 6 heteroatoms. The maximum absolute atomic E-state index is 11.4. The van der Waals surface area contributed by atoms with Crippen molar-refractivity contribution in [1.82, 2.24) is 9.97 Å². The van der Waals surface area contributed by atoms with E-state index in [1.165, 1.54) is 6.20 Å². The summed E-state index contributed by atoms with van der Waals surface area (Å²) in [6, 6.07) is 14.4. The van der Waals surface area contributed by atoms with E-state index < -0.39 is 5.97 Å². The van der Waals surface area contributed by atoms with E-state index in [1.807, 2.05) is 31.2 Å². The Morgan fingerprint density at radius 2 is 1.83 bits per heavy atom. The van der Waals surface area contributed by atoms with Gasteiger partial charge in [-0.2, -0.15) is 4.98 Å². The Kier molecular flexibility index (Phi) is 4.44. The molecule has 0 atom stereocenters. The van der Waals surface area contributed by atoms with Crippen LogP contribution in [0, 0.1) is 6.92 Å². The number of carboxylic acids is 1. The number of hydrogen-bond acceptors (Lipinski definition) is 4. The summed E-state index contributed by atoms with van der Waals surface area (Å²) < 4.78 is 5.62. The van der Waals surface area contributed by atoms with Crippen LogP contribution in [0.2, 0.25) is 5.02 Å². The first-order chi connectivity index (χ1) is 11.5. The number of carboxylic acid groups (broad SMARTS) is 1. The van der Waals surface area contributed by atoms with Crippen LogP contribution in [0.15, 0.2) is 54.7 Å². The second-order valence-electron chi connectivity index (χ2n) is 5.12. The Labute approximate surface area is 143 Å². The smallest absolute Gasteiger partial charge is 0.342 e. The SMILES string of the molecule is Cc1ccc(-c2ncc(C(=O)O)c(Oc3ccccc3Cl)n2)cc1. The van der Waals surface area contributed by atoms with Crippen molar-refractivity contribution in [2.24, 2.45) is 0 Å². The molecule has 0 amide bonds. The van der Waals surface area contributed by atoms with E-state index in [9.17, 15) is 9.90 Å². The first-order valence-corrected chi connectivity index (χ1v) is 7.52. The van der Waals surface area contributed by atoms with Crippen LogP contribution in [0.1, 0.15) is 15.9 Å². The van der Waals surface area contributed by atoms with Crippen molar-refractivity contribution >= 4 is 17.6 Å². The second-order valence-corrected chi connectivity index (χ2v) is 5.52. The minimum atomic E-state index is -1.17. The van der Waals surface area contributed by atoms with Crippen LogP contribution in [0.4, 0.5) is 0 Å². The molecule has 0 radical (unpaired) electrons. The van der Waals surface area contributed by atoms with Gasteiger partial charge in [-0.25, -0.2) is 9.78 Å². The highest BCUT2D eigenvalue weighted by Gasteiger charge is 2.17. The molecule has 0 aliphatic heterocycles. The highest BCUT2D eigenvalue weighted by molar-refractivity contribution is 6.32. The molecule has 0 unspecified atom stereocenters. The van der Waals surface area contributed by atoms with Gasteiger partial charge in [0.15, 0.2) is 5.82 Å². The predicted molar refractivity (Wildman–Crippen MR) is 90.7 cm³/mol. The highest BCUT2D eigenvalue weighted by Crippen LogP contribution is 2.30. The third-order valence-corrected chi connectivity index (χ3v) is 3.65. The zero-order valence-corrected chi connectivity index (χ0v) is 13.5. The zero-order valence-electron chi connectivity index (χ0n) is 12.7. The molecule has 1 N–H and O–H groups in total. The number of aromatic carboxylic acids is 1. The Morgan fingerprint density at radius 3 is 2.50 bits per heavy atom. The van der Waals surface area contributed by atoms with Crippen molar-refractivity contribution in [1.29, 1.82) is 0 Å². The summed E-state index contributed by atoms with van der Waals surface area (Å²) in [4.78, 5) is 19.8. The molecule has 2 aromatic carbocycles. The van der Waals surface area contributed by atoms with Crippen LogP contribution in [0.5, 0.6) is 11.6 Å². The zero-order chi connectivity index (χ0) is 17.1. The molecule has 0 fully saturated rings. The number of ether oxygens (including phenoxy) is 1. The van der Waals surface area contributed by atoms with E-state index in [4.69, 9.17) is 16.3 Å². The van der Waals surface area contributed by atoms with E-state index in [-0.39, 0.29) is 11.4 Å². The van der Waals surface area contributed by atoms with E-state index in [0.717, 1.165) is 11.1 Å². The monoisotopic (exact) mass is 340 g/mol. The summed E-state index contributed by atoms with van der Waals surface area (Å²) in [5.41, 5.74) is 1.74. The van der Waals surface area contributed by atoms with Crippen LogP contribution < -0.4 is 4.74 Å². The molecular weight excluding hydrogens is 328 g/mol. The van der Waals surface area contributed by atoms with Crippen LogP contribution in [0.25, 0.3) is 11.4 Å². The Balaban J connectivity index is 2.05. The number of hydrogen-bond donors (Lipinski definition) is 1. The number of rotatable bonds is 4. The molecule has 0 saturated carbocycles. The maximum atomic E-state index is 11.4. The lowest BCUT2D eigenvalue weighted by Gasteiger charge is -2.10. The first kappa shape index (κ1) is 16.0. The van der Waals surface area contributed by atoms with Crippen molar-refractivity contribution in [3.8, 4) is 23.0 Å². The molecule has 0 aliphatic rings. The third kappa shape index (κ3) is 3.36. The van der Waals surface area contributed by atoms with Crippen molar-refractivity contribution in [3.63, 3.8) is 0 Å². The van der Waals surface area contributed by atoms with Crippen molar-refractivity contribution < 1.29 is 14.6 Å². The average Bonchev–Trinajstić information content (AvgIpc) is 2.57. The molecule has 120 valence electrons. The summed E-state index contributed by atoms with van der Waals surface area (Å²) >= 11 is 6.06. The fourth-order valence-corrected chi connectivity index (χ4v) is 2.24. The number of carbonyl (C=O) groups is 1. The quantitative estimate of drug-likeness (QED) is 0.751. The van der Waals surface area contributed by atoms with Gasteiger partial charge in [0.1, 0.15) is 11.3 Å². The van der Waals surface area contributed by atoms with Gasteiger partial charge in [0.2, 0.25) is 5.88 Å². The molecule has 0 aliphatic carbocycles. The standard InChI is InChI=1S/C18H13ClN2O3/c1-11-6-8-12(9-7-11)16-20-10-13(18(22)23)17(21-16)24-15-5-3-2-4-14(15)19/h2-10H,1H3,(H,22,23). The Hall–Kier alpha value is -2.92. The Bertz CT molecular complexity index is 895. The van der Waals surface area contributed by atoms with Gasteiger partial charge in [-0.1, -0.05) is 53.6 Å². The summed E-state index contributed by atoms with van der Waals surface area (Å²) in [7, 11) is 0. The minimum Gasteiger partial charge on any atom is -0.477 e. The summed E-state index contributed by atoms with van der Waals surface area (Å²) in [6.45, 7) is 1.98. The van der Waals surface area contributed by atoms with Gasteiger partial charge in [-0.05, 0) is 19.1 Å². The van der Waals surface area contributed by atoms with E-state index in [1.54, 1.807) is 24.3 Å². The van der Waals surface area contributed by atoms with E-state index >= 15 is 0 Å². The lowest BCUT2D eigenvalue weighted by Crippen LogP contribution is -2.05. The first-order valence-electron chi connectivity index (χ1n) is 7.14. The second kappa shape index (κ2) is 6.68. The largest absolute Gasteiger partial charge is 0.477 e. The van der Waals surface area contributed by atoms with E-state index in [0.29, 0.717) is 16.6 Å². The lowest BCUT2D eigenvalue weighted by molar-refractivity contribution is 0.0693. The van der Waals surface area contributed by atoms with Crippen molar-refractivity contribution in [2.75, 3.05) is 0 Å². The molecule has 0 saturated heterocycles. The molecule has 3 aromatic rings. The molecule has 24 heavy (non-hydrogen) atoms. The number of benzene rings is 2. The molecule has 0 spiro atoms. The molecule has 1 heterocycles. The van der Waals surface area contributed by atoms with Crippen LogP contribution in [-0.4, -0.2) is 21.0 Å². The van der Waals surface area contributed by atoms with Gasteiger partial charge in [-0.15, -0.1) is 0 Å². The van der Waals surface area contributed by atoms with Gasteiger partial charge in [0, 0.05) is 11.8 Å². The Morgan fingerprint density at radius 1 is 1.12 bits per heavy atom. The minimum absolute atomic E-state index is 0.0545. The lowest BCUT2D eigenvalue weighted by atomic mass is 10.1. The van der Waals surface area contributed by atoms with Crippen molar-refractivity contribution in [2.45, 2.75) is 6.92 Å². The fourth-order valence-electron chi connectivity index (χ4n) is 2.06. The number of aryl methyl sites for hydroxylation is 1. The number of nitrogens with zero attached hydrogens (tertiary/aromatic N) is 2. The van der Waals surface area contributed by atoms with Gasteiger partial charge < -0.3 is 9.84 Å². The third-order valence-electron chi connectivity index (χ3n) is 3.34. The van der Waals surface area contributed by atoms with Crippen molar-refractivity contribution in [3.05, 3.63) is 70.9 Å². The summed E-state index contributed by atoms with van der Waals surface area (Å²) in [5.74, 6) is -0.522. The number of aromatic nitrogens is 2. The fraction of sp³-hybridized carbons (Fsp3) is 0.0556. The predicted octanol–water partition coefficient (Wildman–Crippen LogP) is 4.60. The molecule has 5 nitrogen and oxygen atoms in total. The summed E-state index contributed by atoms with van der Waals surface area (Å²) in [6.07, 6.45) is 1.23. The van der Waals surface area contributed by atoms with E-state index in [2.05, 4.69) is 9.97 Å². The van der Waals surface area contributed by atoms with Crippen LogP contribution >= 0.6 is 11.6 Å². The topological polar surface area (TPSA) is 72.3 Å². The number of para-hydroxylation sites is 1. The van der Waals surface area contributed by atoms with Gasteiger partial charge >= 0.3 is 5.97 Å². The van der Waals surface area contributed by atoms with Crippen LogP contribution in [-0.2, 0) is 0 Å². The summed E-state index contributed by atoms with van der Waals surface area (Å²) in [5, 5.41) is 9.68. The molecular formula is C18H13ClN2O3. The van der Waals surface area contributed by atoms with Gasteiger partial charge in [0.05, 0.1) is 5.02 Å². The average molecular weight is 341 g/mol. The van der Waals surface area contributed by atoms with Gasteiger partial charge in [0.25, 0.3) is 0 Å². The highest BCUT2D eigenvalue weighted by atomic mass is 35.5. The molecule has 1 aromatic heterocycles. The normalized spacial score (nSPS) is 10.4. The maximum Gasteiger partial charge on any atom is 0.342 e. The molecule has 3 rings (SSSR count). The molecule has 0 bridgehead atoms. The van der Waals surface area contributed by atoms with Crippen LogP contribution in [0.3, 0.4) is 0 Å². The van der Waals surface area contributed by atoms with Gasteiger partial charge in [-0.3, -0.25) is 0 Å². The number of halogens is 1.